The molecule has 0 fully saturated rings. The number of hydrogen-bond donors (Lipinski definition) is 1. The summed E-state index contributed by atoms with van der Waals surface area (Å²) < 4.78 is 38.2. The lowest BCUT2D eigenvalue weighted by Crippen LogP contribution is -2.11. The van der Waals surface area contributed by atoms with Crippen LogP contribution in [-0.2, 0) is 6.18 Å². The van der Waals surface area contributed by atoms with Gasteiger partial charge >= 0.3 is 6.18 Å². The summed E-state index contributed by atoms with van der Waals surface area (Å²) in [5.41, 5.74) is 1.04. The first kappa shape index (κ1) is 14.5. The molecular formula is C14H8F3N3OS. The molecule has 22 heavy (non-hydrogen) atoms. The molecule has 4 nitrogen and oxygen atoms in total. The number of pyridine rings is 1. The maximum absolute atomic E-state index is 12.6. The standard InChI is InChI=1S/C14H8F3N3OS/c15-14(16,17)13-20-10-2-1-8(7-11(10)22-13)12(21)19-9-3-5-18-6-4-9/h1-7H,(H,18,19,21). The van der Waals surface area contributed by atoms with Crippen LogP contribution in [0, 0.1) is 0 Å². The number of rotatable bonds is 2. The highest BCUT2D eigenvalue weighted by Gasteiger charge is 2.34. The first-order chi connectivity index (χ1) is 10.4. The van der Waals surface area contributed by atoms with Crippen LogP contribution in [0.5, 0.6) is 0 Å². The molecule has 0 aliphatic carbocycles. The lowest BCUT2D eigenvalue weighted by atomic mass is 10.2. The fraction of sp³-hybridized carbons (Fsp3) is 0.0714. The van der Waals surface area contributed by atoms with Gasteiger partial charge in [0.15, 0.2) is 5.01 Å². The van der Waals surface area contributed by atoms with Crippen LogP contribution in [0.3, 0.4) is 0 Å². The number of aromatic nitrogens is 2. The Morgan fingerprint density at radius 2 is 1.86 bits per heavy atom. The molecule has 0 saturated heterocycles. The molecule has 0 unspecified atom stereocenters. The van der Waals surface area contributed by atoms with Gasteiger partial charge in [-0.25, -0.2) is 4.98 Å². The van der Waals surface area contributed by atoms with Crippen LogP contribution in [0.4, 0.5) is 18.9 Å². The van der Waals surface area contributed by atoms with Crippen molar-refractivity contribution in [3.8, 4) is 0 Å². The first-order valence-corrected chi connectivity index (χ1v) is 6.94. The highest BCUT2D eigenvalue weighted by Crippen LogP contribution is 2.35. The highest BCUT2D eigenvalue weighted by atomic mass is 32.1. The largest absolute Gasteiger partial charge is 0.443 e. The number of anilines is 1. The van der Waals surface area contributed by atoms with Gasteiger partial charge in [0.1, 0.15) is 0 Å². The van der Waals surface area contributed by atoms with Gasteiger partial charge in [0.05, 0.1) is 10.2 Å². The number of hydrogen-bond acceptors (Lipinski definition) is 4. The molecule has 0 radical (unpaired) electrons. The summed E-state index contributed by atoms with van der Waals surface area (Å²) in [4.78, 5) is 19.4. The normalized spacial score (nSPS) is 11.6. The fourth-order valence-corrected chi connectivity index (χ4v) is 2.70. The van der Waals surface area contributed by atoms with Gasteiger partial charge in [0.25, 0.3) is 5.91 Å². The SMILES string of the molecule is O=C(Nc1ccncc1)c1ccc2nc(C(F)(F)F)sc2c1. The molecule has 2 aromatic heterocycles. The molecule has 3 rings (SSSR count). The third-order valence-electron chi connectivity index (χ3n) is 2.83. The minimum atomic E-state index is -4.48. The molecule has 0 bridgehead atoms. The summed E-state index contributed by atoms with van der Waals surface area (Å²) in [5, 5.41) is 1.72. The van der Waals surface area contributed by atoms with Crippen molar-refractivity contribution in [1.82, 2.24) is 9.97 Å². The first-order valence-electron chi connectivity index (χ1n) is 6.12. The molecule has 0 aliphatic rings. The average Bonchev–Trinajstić information content (AvgIpc) is 2.91. The van der Waals surface area contributed by atoms with E-state index >= 15 is 0 Å². The quantitative estimate of drug-likeness (QED) is 0.776. The van der Waals surface area contributed by atoms with E-state index in [9.17, 15) is 18.0 Å². The van der Waals surface area contributed by atoms with Crippen molar-refractivity contribution >= 4 is 33.1 Å². The van der Waals surface area contributed by atoms with Gasteiger partial charge < -0.3 is 5.32 Å². The molecule has 8 heteroatoms. The zero-order chi connectivity index (χ0) is 15.7. The van der Waals surface area contributed by atoms with Crippen molar-refractivity contribution in [2.75, 3.05) is 5.32 Å². The number of nitrogens with one attached hydrogen (secondary N) is 1. The van der Waals surface area contributed by atoms with E-state index in [0.717, 1.165) is 0 Å². The molecule has 1 N–H and O–H groups in total. The molecule has 3 aromatic rings. The Morgan fingerprint density at radius 3 is 2.55 bits per heavy atom. The molecule has 0 aliphatic heterocycles. The van der Waals surface area contributed by atoms with E-state index in [2.05, 4.69) is 15.3 Å². The van der Waals surface area contributed by atoms with Crippen LogP contribution in [0.1, 0.15) is 15.4 Å². The maximum atomic E-state index is 12.6. The number of carbonyl (C=O) groups is 1. The van der Waals surface area contributed by atoms with Gasteiger partial charge in [-0.2, -0.15) is 13.2 Å². The van der Waals surface area contributed by atoms with Gasteiger partial charge in [-0.3, -0.25) is 9.78 Å². The number of nitrogens with zero attached hydrogens (tertiary/aromatic N) is 2. The second kappa shape index (κ2) is 5.38. The summed E-state index contributed by atoms with van der Waals surface area (Å²) in [5.74, 6) is -0.407. The Balaban J connectivity index is 1.90. The van der Waals surface area contributed by atoms with Crippen molar-refractivity contribution in [1.29, 1.82) is 0 Å². The summed E-state index contributed by atoms with van der Waals surface area (Å²) in [6.07, 6.45) is -1.43. The molecule has 2 heterocycles. The van der Waals surface area contributed by atoms with Crippen molar-refractivity contribution < 1.29 is 18.0 Å². The lowest BCUT2D eigenvalue weighted by Gasteiger charge is -2.04. The second-order valence-corrected chi connectivity index (χ2v) is 5.42. The lowest BCUT2D eigenvalue weighted by molar-refractivity contribution is -0.137. The van der Waals surface area contributed by atoms with Crippen molar-refractivity contribution in [2.24, 2.45) is 0 Å². The Hall–Kier alpha value is -2.48. The summed E-state index contributed by atoms with van der Waals surface area (Å²) >= 11 is 0.516. The summed E-state index contributed by atoms with van der Waals surface area (Å²) in [7, 11) is 0. The monoisotopic (exact) mass is 323 g/mol. The number of benzene rings is 1. The van der Waals surface area contributed by atoms with E-state index < -0.39 is 17.1 Å². The van der Waals surface area contributed by atoms with Crippen LogP contribution in [0.15, 0.2) is 42.7 Å². The predicted molar refractivity (Wildman–Crippen MR) is 76.8 cm³/mol. The Bertz CT molecular complexity index is 830. The van der Waals surface area contributed by atoms with Gasteiger partial charge in [-0.15, -0.1) is 11.3 Å². The van der Waals surface area contributed by atoms with Gasteiger partial charge in [0.2, 0.25) is 0 Å². The van der Waals surface area contributed by atoms with Crippen LogP contribution in [0.2, 0.25) is 0 Å². The molecule has 1 aromatic carbocycles. The zero-order valence-electron chi connectivity index (χ0n) is 10.9. The van der Waals surface area contributed by atoms with Crippen molar-refractivity contribution in [2.45, 2.75) is 6.18 Å². The molecule has 0 saturated carbocycles. The van der Waals surface area contributed by atoms with Gasteiger partial charge in [0, 0.05) is 23.6 Å². The summed E-state index contributed by atoms with van der Waals surface area (Å²) in [6, 6.07) is 7.48. The predicted octanol–water partition coefficient (Wildman–Crippen LogP) is 3.96. The van der Waals surface area contributed by atoms with Crippen LogP contribution < -0.4 is 5.32 Å². The number of fused-ring (bicyclic) bond motifs is 1. The minimum Gasteiger partial charge on any atom is -0.322 e. The maximum Gasteiger partial charge on any atom is 0.443 e. The third kappa shape index (κ3) is 2.91. The fourth-order valence-electron chi connectivity index (χ4n) is 1.83. The van der Waals surface area contributed by atoms with E-state index in [1.807, 2.05) is 0 Å². The van der Waals surface area contributed by atoms with Crippen LogP contribution >= 0.6 is 11.3 Å². The third-order valence-corrected chi connectivity index (χ3v) is 3.89. The Kier molecular flexibility index (Phi) is 3.53. The minimum absolute atomic E-state index is 0.220. The number of carbonyl (C=O) groups excluding carboxylic acids is 1. The Labute approximate surface area is 126 Å². The number of amides is 1. The Morgan fingerprint density at radius 1 is 1.14 bits per heavy atom. The van der Waals surface area contributed by atoms with E-state index in [-0.39, 0.29) is 11.1 Å². The zero-order valence-corrected chi connectivity index (χ0v) is 11.7. The highest BCUT2D eigenvalue weighted by molar-refractivity contribution is 7.18. The van der Waals surface area contributed by atoms with E-state index in [1.54, 1.807) is 12.1 Å². The molecular weight excluding hydrogens is 315 g/mol. The number of thiazole rings is 1. The smallest absolute Gasteiger partial charge is 0.322 e. The number of halogens is 3. The van der Waals surface area contributed by atoms with Gasteiger partial charge in [-0.05, 0) is 30.3 Å². The van der Waals surface area contributed by atoms with Crippen LogP contribution in [0.25, 0.3) is 10.2 Å². The van der Waals surface area contributed by atoms with E-state index in [1.165, 1.54) is 30.6 Å². The van der Waals surface area contributed by atoms with E-state index in [4.69, 9.17) is 0 Å². The van der Waals surface area contributed by atoms with Gasteiger partial charge in [-0.1, -0.05) is 0 Å². The number of alkyl halides is 3. The molecule has 0 atom stereocenters. The van der Waals surface area contributed by atoms with Crippen LogP contribution in [-0.4, -0.2) is 15.9 Å². The topological polar surface area (TPSA) is 54.9 Å². The van der Waals surface area contributed by atoms with Crippen molar-refractivity contribution in [3.63, 3.8) is 0 Å². The molecule has 1 amide bonds. The van der Waals surface area contributed by atoms with Crippen molar-refractivity contribution in [3.05, 3.63) is 53.3 Å². The molecule has 0 spiro atoms. The van der Waals surface area contributed by atoms with E-state index in [0.29, 0.717) is 21.7 Å². The molecule has 112 valence electrons. The summed E-state index contributed by atoms with van der Waals surface area (Å²) in [6.45, 7) is 0. The average molecular weight is 323 g/mol. The second-order valence-electron chi connectivity index (χ2n) is 4.39.